The molecule has 0 unspecified atom stereocenters. The van der Waals surface area contributed by atoms with E-state index < -0.39 is 0 Å². The van der Waals surface area contributed by atoms with E-state index in [4.69, 9.17) is 10.7 Å². The number of hydrogen-bond donors (Lipinski definition) is 2. The molecule has 1 aliphatic rings. The summed E-state index contributed by atoms with van der Waals surface area (Å²) in [6.07, 6.45) is 2.25. The van der Waals surface area contributed by atoms with E-state index in [0.717, 1.165) is 18.5 Å². The summed E-state index contributed by atoms with van der Waals surface area (Å²) >= 11 is 0. The van der Waals surface area contributed by atoms with Gasteiger partial charge in [0.2, 0.25) is 0 Å². The minimum Gasteiger partial charge on any atom is -0.344 e. The summed E-state index contributed by atoms with van der Waals surface area (Å²) in [5, 5.41) is 19.3. The third-order valence-corrected chi connectivity index (χ3v) is 2.28. The summed E-state index contributed by atoms with van der Waals surface area (Å²) in [5.74, 6) is 1.03. The fourth-order valence-electron chi connectivity index (χ4n) is 1.26. The van der Waals surface area contributed by atoms with Crippen LogP contribution in [-0.2, 0) is 0 Å². The lowest BCUT2D eigenvalue weighted by atomic mass is 10.2. The maximum atomic E-state index is 8.60. The van der Waals surface area contributed by atoms with Gasteiger partial charge in [0.05, 0.1) is 11.6 Å². The summed E-state index contributed by atoms with van der Waals surface area (Å²) < 4.78 is 0. The molecule has 14 heavy (non-hydrogen) atoms. The van der Waals surface area contributed by atoms with Crippen molar-refractivity contribution in [1.29, 1.82) is 10.7 Å². The van der Waals surface area contributed by atoms with Crippen molar-refractivity contribution in [2.75, 3.05) is 5.32 Å². The van der Waals surface area contributed by atoms with Crippen LogP contribution in [0.15, 0.2) is 24.3 Å². The van der Waals surface area contributed by atoms with Crippen molar-refractivity contribution in [1.82, 2.24) is 0 Å². The SMILES string of the molecule is N#Cc1ccc(NC(=N)C2CC2)cc1. The van der Waals surface area contributed by atoms with Crippen molar-refractivity contribution in [3.05, 3.63) is 29.8 Å². The second-order valence-electron chi connectivity index (χ2n) is 3.50. The minimum atomic E-state index is 0.436. The molecule has 0 saturated heterocycles. The molecule has 2 rings (SSSR count). The number of amidine groups is 1. The molecule has 0 radical (unpaired) electrons. The molecule has 0 spiro atoms. The zero-order valence-electron chi connectivity index (χ0n) is 7.75. The Morgan fingerprint density at radius 2 is 2.00 bits per heavy atom. The van der Waals surface area contributed by atoms with Gasteiger partial charge in [-0.3, -0.25) is 5.41 Å². The van der Waals surface area contributed by atoms with E-state index in [-0.39, 0.29) is 0 Å². The molecule has 0 amide bonds. The molecule has 2 N–H and O–H groups in total. The molecule has 70 valence electrons. The van der Waals surface area contributed by atoms with Gasteiger partial charge in [-0.2, -0.15) is 5.26 Å². The highest BCUT2D eigenvalue weighted by Gasteiger charge is 2.26. The largest absolute Gasteiger partial charge is 0.344 e. The van der Waals surface area contributed by atoms with Gasteiger partial charge in [0.15, 0.2) is 0 Å². The summed E-state index contributed by atoms with van der Waals surface area (Å²) in [5.41, 5.74) is 1.54. The predicted octanol–water partition coefficient (Wildman–Crippen LogP) is 2.36. The van der Waals surface area contributed by atoms with Crippen molar-refractivity contribution in [3.63, 3.8) is 0 Å². The van der Waals surface area contributed by atoms with E-state index in [9.17, 15) is 0 Å². The monoisotopic (exact) mass is 185 g/mol. The standard InChI is InChI=1S/C11H11N3/c12-7-8-1-5-10(6-2-8)14-11(13)9-3-4-9/h1-2,5-6,9H,3-4H2,(H2,13,14). The highest BCUT2D eigenvalue weighted by Crippen LogP contribution is 2.30. The van der Waals surface area contributed by atoms with Crippen LogP contribution in [0.2, 0.25) is 0 Å². The third-order valence-electron chi connectivity index (χ3n) is 2.28. The number of benzene rings is 1. The maximum Gasteiger partial charge on any atom is 0.101 e. The Balaban J connectivity index is 2.02. The fourth-order valence-corrected chi connectivity index (χ4v) is 1.26. The molecular formula is C11H11N3. The smallest absolute Gasteiger partial charge is 0.101 e. The number of rotatable bonds is 2. The Morgan fingerprint density at radius 1 is 1.36 bits per heavy atom. The lowest BCUT2D eigenvalue weighted by Gasteiger charge is -2.05. The van der Waals surface area contributed by atoms with E-state index in [1.807, 2.05) is 12.1 Å². The van der Waals surface area contributed by atoms with E-state index >= 15 is 0 Å². The van der Waals surface area contributed by atoms with Gasteiger partial charge in [0.25, 0.3) is 0 Å². The van der Waals surface area contributed by atoms with Crippen LogP contribution in [0.4, 0.5) is 5.69 Å². The molecule has 1 saturated carbocycles. The number of nitrogens with zero attached hydrogens (tertiary/aromatic N) is 1. The van der Waals surface area contributed by atoms with Gasteiger partial charge in [-0.05, 0) is 37.1 Å². The average Bonchev–Trinajstić information content (AvgIpc) is 3.02. The molecule has 3 nitrogen and oxygen atoms in total. The first-order valence-electron chi connectivity index (χ1n) is 4.65. The zero-order chi connectivity index (χ0) is 9.97. The molecule has 1 aromatic carbocycles. The lowest BCUT2D eigenvalue weighted by molar-refractivity contribution is 1.15. The number of hydrogen-bond acceptors (Lipinski definition) is 2. The van der Waals surface area contributed by atoms with Crippen molar-refractivity contribution in [2.24, 2.45) is 5.92 Å². The fraction of sp³-hybridized carbons (Fsp3) is 0.273. The van der Waals surface area contributed by atoms with Gasteiger partial charge in [0.1, 0.15) is 5.84 Å². The van der Waals surface area contributed by atoms with Crippen molar-refractivity contribution in [2.45, 2.75) is 12.8 Å². The van der Waals surface area contributed by atoms with Crippen LogP contribution in [0.1, 0.15) is 18.4 Å². The van der Waals surface area contributed by atoms with E-state index in [2.05, 4.69) is 11.4 Å². The summed E-state index contributed by atoms with van der Waals surface area (Å²) in [6, 6.07) is 9.22. The second kappa shape index (κ2) is 3.51. The highest BCUT2D eigenvalue weighted by molar-refractivity contribution is 5.96. The predicted molar refractivity (Wildman–Crippen MR) is 55.2 cm³/mol. The Bertz CT molecular complexity index is 382. The van der Waals surface area contributed by atoms with Crippen LogP contribution in [0.5, 0.6) is 0 Å². The Kier molecular flexibility index (Phi) is 2.19. The van der Waals surface area contributed by atoms with E-state index in [0.29, 0.717) is 17.3 Å². The van der Waals surface area contributed by atoms with Gasteiger partial charge >= 0.3 is 0 Å². The Morgan fingerprint density at radius 3 is 2.50 bits per heavy atom. The second-order valence-corrected chi connectivity index (χ2v) is 3.50. The summed E-state index contributed by atoms with van der Waals surface area (Å²) in [7, 11) is 0. The van der Waals surface area contributed by atoms with Crippen LogP contribution < -0.4 is 5.32 Å². The minimum absolute atomic E-state index is 0.436. The molecule has 1 aromatic rings. The Hall–Kier alpha value is -1.82. The topological polar surface area (TPSA) is 59.7 Å². The lowest BCUT2D eigenvalue weighted by Crippen LogP contribution is -2.12. The zero-order valence-corrected chi connectivity index (χ0v) is 7.75. The molecule has 1 aliphatic carbocycles. The average molecular weight is 185 g/mol. The summed E-state index contributed by atoms with van der Waals surface area (Å²) in [6.45, 7) is 0. The van der Waals surface area contributed by atoms with Crippen LogP contribution in [-0.4, -0.2) is 5.84 Å². The van der Waals surface area contributed by atoms with Crippen LogP contribution in [0.3, 0.4) is 0 Å². The van der Waals surface area contributed by atoms with Gasteiger partial charge in [-0.1, -0.05) is 0 Å². The molecule has 1 fully saturated rings. The van der Waals surface area contributed by atoms with Gasteiger partial charge in [0, 0.05) is 11.6 Å². The van der Waals surface area contributed by atoms with Crippen LogP contribution >= 0.6 is 0 Å². The van der Waals surface area contributed by atoms with Crippen molar-refractivity contribution >= 4 is 11.5 Å². The van der Waals surface area contributed by atoms with E-state index in [1.54, 1.807) is 12.1 Å². The van der Waals surface area contributed by atoms with E-state index in [1.165, 1.54) is 0 Å². The van der Waals surface area contributed by atoms with Crippen molar-refractivity contribution in [3.8, 4) is 6.07 Å². The molecule has 0 aromatic heterocycles. The first-order chi connectivity index (χ1) is 6.79. The highest BCUT2D eigenvalue weighted by atomic mass is 15.0. The molecule has 0 bridgehead atoms. The maximum absolute atomic E-state index is 8.60. The summed E-state index contributed by atoms with van der Waals surface area (Å²) in [4.78, 5) is 0. The molecule has 0 aliphatic heterocycles. The van der Waals surface area contributed by atoms with Crippen molar-refractivity contribution < 1.29 is 0 Å². The van der Waals surface area contributed by atoms with Gasteiger partial charge in [-0.15, -0.1) is 0 Å². The molecule has 0 atom stereocenters. The van der Waals surface area contributed by atoms with Crippen LogP contribution in [0, 0.1) is 22.7 Å². The number of anilines is 1. The first kappa shape index (κ1) is 8.76. The number of nitrogens with one attached hydrogen (secondary N) is 2. The number of nitriles is 1. The molecular weight excluding hydrogens is 174 g/mol. The van der Waals surface area contributed by atoms with Gasteiger partial charge < -0.3 is 5.32 Å². The quantitative estimate of drug-likeness (QED) is 0.548. The molecule has 0 heterocycles. The first-order valence-corrected chi connectivity index (χ1v) is 4.65. The molecule has 3 heteroatoms. The Labute approximate surface area is 82.9 Å². The normalized spacial score (nSPS) is 14.5. The third kappa shape index (κ3) is 1.91. The van der Waals surface area contributed by atoms with Gasteiger partial charge in [-0.25, -0.2) is 0 Å². The van der Waals surface area contributed by atoms with Crippen LogP contribution in [0.25, 0.3) is 0 Å².